The van der Waals surface area contributed by atoms with E-state index in [1.165, 1.54) is 0 Å². The number of methoxy groups -OCH3 is 1. The van der Waals surface area contributed by atoms with Gasteiger partial charge in [-0.25, -0.2) is 9.97 Å². The van der Waals surface area contributed by atoms with E-state index in [-0.39, 0.29) is 5.92 Å². The molecule has 1 atom stereocenters. The van der Waals surface area contributed by atoms with Gasteiger partial charge in [0.05, 0.1) is 0 Å². The molecule has 5 nitrogen and oxygen atoms in total. The third-order valence-electron chi connectivity index (χ3n) is 3.16. The highest BCUT2D eigenvalue weighted by Crippen LogP contribution is 2.20. The molecule has 0 saturated carbocycles. The average Bonchev–Trinajstić information content (AvgIpc) is 2.32. The van der Waals surface area contributed by atoms with Crippen LogP contribution in [0.1, 0.15) is 24.9 Å². The molecule has 0 bridgehead atoms. The van der Waals surface area contributed by atoms with Crippen LogP contribution in [0.5, 0.6) is 0 Å². The van der Waals surface area contributed by atoms with E-state index in [0.717, 1.165) is 24.6 Å². The van der Waals surface area contributed by atoms with Crippen LogP contribution in [-0.4, -0.2) is 36.0 Å². The Morgan fingerprint density at radius 2 is 2.28 bits per heavy atom. The standard InChI is InChI=1S/C13H19N3O2/c1-9-7-16(5-4-11(9)17)13-6-10(2)14-12(15-13)8-18-3/h6,9H,4-5,7-8H2,1-3H3/t9-/m1/s1. The number of ether oxygens (including phenoxy) is 1. The number of aromatic nitrogens is 2. The molecule has 1 aromatic heterocycles. The molecule has 0 unspecified atom stereocenters. The van der Waals surface area contributed by atoms with Gasteiger partial charge in [0.2, 0.25) is 0 Å². The third-order valence-corrected chi connectivity index (χ3v) is 3.16. The van der Waals surface area contributed by atoms with Crippen molar-refractivity contribution in [3.8, 4) is 0 Å². The summed E-state index contributed by atoms with van der Waals surface area (Å²) in [5, 5.41) is 0. The SMILES string of the molecule is COCc1nc(C)cc(N2CCC(=O)[C@H](C)C2)n1. The van der Waals surface area contributed by atoms with Gasteiger partial charge in [-0.3, -0.25) is 4.79 Å². The van der Waals surface area contributed by atoms with Crippen molar-refractivity contribution in [3.63, 3.8) is 0 Å². The van der Waals surface area contributed by atoms with E-state index < -0.39 is 0 Å². The second kappa shape index (κ2) is 5.44. The smallest absolute Gasteiger partial charge is 0.156 e. The van der Waals surface area contributed by atoms with Crippen LogP contribution in [0.2, 0.25) is 0 Å². The zero-order chi connectivity index (χ0) is 13.1. The molecule has 18 heavy (non-hydrogen) atoms. The zero-order valence-corrected chi connectivity index (χ0v) is 11.1. The van der Waals surface area contributed by atoms with Crippen molar-refractivity contribution in [1.29, 1.82) is 0 Å². The van der Waals surface area contributed by atoms with Crippen molar-refractivity contribution >= 4 is 11.6 Å². The Labute approximate surface area is 107 Å². The minimum Gasteiger partial charge on any atom is -0.377 e. The molecule has 2 rings (SSSR count). The average molecular weight is 249 g/mol. The summed E-state index contributed by atoms with van der Waals surface area (Å²) in [5.74, 6) is 2.01. The van der Waals surface area contributed by atoms with Gasteiger partial charge in [-0.2, -0.15) is 0 Å². The van der Waals surface area contributed by atoms with Crippen LogP contribution in [-0.2, 0) is 16.1 Å². The Bertz CT molecular complexity index is 448. The minimum absolute atomic E-state index is 0.0832. The van der Waals surface area contributed by atoms with Crippen LogP contribution in [0.4, 0.5) is 5.82 Å². The Morgan fingerprint density at radius 3 is 2.94 bits per heavy atom. The summed E-state index contributed by atoms with van der Waals surface area (Å²) in [6, 6.07) is 1.96. The number of Topliss-reactive ketones (excluding diaryl/α,β-unsaturated/α-hetero) is 1. The number of carbonyl (C=O) groups is 1. The lowest BCUT2D eigenvalue weighted by Gasteiger charge is -2.31. The van der Waals surface area contributed by atoms with E-state index >= 15 is 0 Å². The Hall–Kier alpha value is -1.49. The van der Waals surface area contributed by atoms with Crippen LogP contribution < -0.4 is 4.90 Å². The summed E-state index contributed by atoms with van der Waals surface area (Å²) in [4.78, 5) is 22.5. The van der Waals surface area contributed by atoms with Crippen LogP contribution in [0, 0.1) is 12.8 Å². The van der Waals surface area contributed by atoms with Gasteiger partial charge >= 0.3 is 0 Å². The van der Waals surface area contributed by atoms with Crippen molar-refractivity contribution < 1.29 is 9.53 Å². The predicted molar refractivity (Wildman–Crippen MR) is 68.5 cm³/mol. The van der Waals surface area contributed by atoms with Gasteiger partial charge < -0.3 is 9.64 Å². The summed E-state index contributed by atoms with van der Waals surface area (Å²) in [6.45, 7) is 5.81. The van der Waals surface area contributed by atoms with E-state index in [4.69, 9.17) is 4.74 Å². The molecule has 1 fully saturated rings. The fraction of sp³-hybridized carbons (Fsp3) is 0.615. The molecule has 98 valence electrons. The lowest BCUT2D eigenvalue weighted by Crippen LogP contribution is -2.40. The maximum absolute atomic E-state index is 11.5. The third kappa shape index (κ3) is 2.85. The number of aryl methyl sites for hydroxylation is 1. The fourth-order valence-electron chi connectivity index (χ4n) is 2.19. The minimum atomic E-state index is 0.0832. The van der Waals surface area contributed by atoms with Crippen molar-refractivity contribution in [3.05, 3.63) is 17.6 Å². The van der Waals surface area contributed by atoms with Gasteiger partial charge in [0, 0.05) is 44.3 Å². The van der Waals surface area contributed by atoms with E-state index in [2.05, 4.69) is 14.9 Å². The summed E-state index contributed by atoms with van der Waals surface area (Å²) < 4.78 is 5.07. The van der Waals surface area contributed by atoms with Gasteiger partial charge in [0.25, 0.3) is 0 Å². The summed E-state index contributed by atoms with van der Waals surface area (Å²) in [5.41, 5.74) is 0.927. The van der Waals surface area contributed by atoms with Gasteiger partial charge in [0.1, 0.15) is 18.2 Å². The maximum atomic E-state index is 11.5. The molecule has 1 aliphatic rings. The lowest BCUT2D eigenvalue weighted by atomic mass is 9.99. The normalized spacial score (nSPS) is 20.3. The van der Waals surface area contributed by atoms with E-state index in [1.54, 1.807) is 7.11 Å². The summed E-state index contributed by atoms with van der Waals surface area (Å²) in [6.07, 6.45) is 0.601. The van der Waals surface area contributed by atoms with Crippen molar-refractivity contribution in [2.75, 3.05) is 25.1 Å². The number of anilines is 1. The van der Waals surface area contributed by atoms with Crippen molar-refractivity contribution in [2.24, 2.45) is 5.92 Å². The molecular formula is C13H19N3O2. The molecule has 1 aliphatic heterocycles. The molecule has 2 heterocycles. The quantitative estimate of drug-likeness (QED) is 0.809. The summed E-state index contributed by atoms with van der Waals surface area (Å²) in [7, 11) is 1.63. The van der Waals surface area contributed by atoms with Crippen LogP contribution in [0.3, 0.4) is 0 Å². The van der Waals surface area contributed by atoms with Crippen LogP contribution in [0.25, 0.3) is 0 Å². The van der Waals surface area contributed by atoms with Gasteiger partial charge in [-0.15, -0.1) is 0 Å². The molecule has 0 aliphatic carbocycles. The molecule has 0 radical (unpaired) electrons. The first-order chi connectivity index (χ1) is 8.60. The number of carbonyl (C=O) groups excluding carboxylic acids is 1. The largest absolute Gasteiger partial charge is 0.377 e. The molecule has 1 saturated heterocycles. The number of rotatable bonds is 3. The number of ketones is 1. The first kappa shape index (κ1) is 13.0. The molecule has 0 amide bonds. The molecule has 1 aromatic rings. The number of nitrogens with zero attached hydrogens (tertiary/aromatic N) is 3. The zero-order valence-electron chi connectivity index (χ0n) is 11.1. The Balaban J connectivity index is 2.19. The first-order valence-corrected chi connectivity index (χ1v) is 6.21. The molecule has 0 N–H and O–H groups in total. The van der Waals surface area contributed by atoms with Crippen LogP contribution >= 0.6 is 0 Å². The Kier molecular flexibility index (Phi) is 3.91. The Morgan fingerprint density at radius 1 is 1.50 bits per heavy atom. The van der Waals surface area contributed by atoms with E-state index in [1.807, 2.05) is 19.9 Å². The molecular weight excluding hydrogens is 230 g/mol. The molecule has 5 heteroatoms. The monoisotopic (exact) mass is 249 g/mol. The summed E-state index contributed by atoms with van der Waals surface area (Å²) >= 11 is 0. The van der Waals surface area contributed by atoms with E-state index in [9.17, 15) is 4.79 Å². The number of hydrogen-bond acceptors (Lipinski definition) is 5. The highest BCUT2D eigenvalue weighted by atomic mass is 16.5. The fourth-order valence-corrected chi connectivity index (χ4v) is 2.19. The highest BCUT2D eigenvalue weighted by Gasteiger charge is 2.24. The second-order valence-corrected chi connectivity index (χ2v) is 4.78. The van der Waals surface area contributed by atoms with Crippen molar-refractivity contribution in [2.45, 2.75) is 26.9 Å². The van der Waals surface area contributed by atoms with Crippen molar-refractivity contribution in [1.82, 2.24) is 9.97 Å². The number of piperidine rings is 1. The molecule has 0 spiro atoms. The van der Waals surface area contributed by atoms with Gasteiger partial charge in [-0.1, -0.05) is 6.92 Å². The van der Waals surface area contributed by atoms with Crippen LogP contribution in [0.15, 0.2) is 6.07 Å². The topological polar surface area (TPSA) is 55.3 Å². The van der Waals surface area contributed by atoms with E-state index in [0.29, 0.717) is 24.6 Å². The maximum Gasteiger partial charge on any atom is 0.156 e. The number of hydrogen-bond donors (Lipinski definition) is 0. The highest BCUT2D eigenvalue weighted by molar-refractivity contribution is 5.83. The second-order valence-electron chi connectivity index (χ2n) is 4.78. The van der Waals surface area contributed by atoms with Gasteiger partial charge in [0.15, 0.2) is 5.82 Å². The predicted octanol–water partition coefficient (Wildman–Crippen LogP) is 1.35. The lowest BCUT2D eigenvalue weighted by molar-refractivity contribution is -0.122. The van der Waals surface area contributed by atoms with Gasteiger partial charge in [-0.05, 0) is 6.92 Å². The first-order valence-electron chi connectivity index (χ1n) is 6.21. The molecule has 0 aromatic carbocycles.